The van der Waals surface area contributed by atoms with Crippen LogP contribution < -0.4 is 10.9 Å². The minimum atomic E-state index is -3.85. The Morgan fingerprint density at radius 1 is 0.321 bits per heavy atom. The van der Waals surface area contributed by atoms with E-state index in [0.717, 1.165) is 65.4 Å². The molecule has 0 aliphatic carbocycles. The number of hydrogen-bond donors (Lipinski definition) is 0. The van der Waals surface area contributed by atoms with Crippen LogP contribution in [0.1, 0.15) is 0 Å². The maximum Gasteiger partial charge on any atom is 0.273 e. The Labute approximate surface area is 302 Å². The highest BCUT2D eigenvalue weighted by Crippen LogP contribution is 2.50. The van der Waals surface area contributed by atoms with Gasteiger partial charge < -0.3 is 0 Å². The van der Waals surface area contributed by atoms with E-state index < -0.39 is 7.29 Å². The van der Waals surface area contributed by atoms with Gasteiger partial charge in [0.2, 0.25) is 0 Å². The lowest BCUT2D eigenvalue weighted by atomic mass is 10.2. The van der Waals surface area contributed by atoms with Crippen molar-refractivity contribution in [3.8, 4) is 11.6 Å². The number of fused-ring (bicyclic) bond motifs is 9. The molecule has 5 heterocycles. The van der Waals surface area contributed by atoms with Crippen LogP contribution in [-0.2, 0) is 4.57 Å². The summed E-state index contributed by atoms with van der Waals surface area (Å²) in [7, 11) is -3.85. The smallest absolute Gasteiger partial charge is 0.273 e. The first-order valence-corrected chi connectivity index (χ1v) is 19.1. The first-order valence-electron chi connectivity index (χ1n) is 17.4. The van der Waals surface area contributed by atoms with E-state index in [-0.39, 0.29) is 0 Å². The predicted molar refractivity (Wildman–Crippen MR) is 214 cm³/mol. The fourth-order valence-corrected chi connectivity index (χ4v) is 10.5. The number of para-hydroxylation sites is 6. The molecule has 0 saturated carbocycles. The van der Waals surface area contributed by atoms with E-state index in [2.05, 4.69) is 69.8 Å². The molecule has 11 aromatic rings. The quantitative estimate of drug-likeness (QED) is 0.167. The lowest BCUT2D eigenvalue weighted by molar-refractivity contribution is 0.581. The van der Waals surface area contributed by atoms with Gasteiger partial charge in [0.15, 0.2) is 11.6 Å². The molecule has 8 nitrogen and oxygen atoms in total. The zero-order valence-electron chi connectivity index (χ0n) is 28.2. The highest BCUT2D eigenvalue weighted by Gasteiger charge is 2.37. The van der Waals surface area contributed by atoms with Crippen LogP contribution in [0.4, 0.5) is 0 Å². The largest absolute Gasteiger partial charge is 0.292 e. The van der Waals surface area contributed by atoms with Crippen LogP contribution in [0.2, 0.25) is 0 Å². The molecule has 0 fully saturated rings. The Hall–Kier alpha value is -6.89. The molecule has 0 saturated heterocycles. The van der Waals surface area contributed by atoms with Crippen LogP contribution in [0.15, 0.2) is 170 Å². The van der Waals surface area contributed by atoms with E-state index in [1.165, 1.54) is 0 Å². The molecule has 0 aliphatic heterocycles. The summed E-state index contributed by atoms with van der Waals surface area (Å²) in [5.74, 6) is 1.26. The average Bonchev–Trinajstić information content (AvgIpc) is 3.87. The molecule has 9 heteroatoms. The SMILES string of the molecule is O=P(c1ccc(-n2c3ccccc3c3ccccc32)nn1)(c1ccc(-n2c3ccccc3c3ccccc32)nn1)n1c2ccccc2c2ccccc21. The molecule has 53 heavy (non-hydrogen) atoms. The van der Waals surface area contributed by atoms with Crippen molar-refractivity contribution in [1.29, 1.82) is 0 Å². The molecule has 0 amide bonds. The molecule has 0 spiro atoms. The van der Waals surface area contributed by atoms with Crippen LogP contribution in [0.5, 0.6) is 0 Å². The number of aromatic nitrogens is 7. The molecular formula is C44H28N7OP. The van der Waals surface area contributed by atoms with Crippen LogP contribution in [-0.4, -0.2) is 33.9 Å². The van der Waals surface area contributed by atoms with Crippen LogP contribution in [0.3, 0.4) is 0 Å². The van der Waals surface area contributed by atoms with Gasteiger partial charge in [-0.3, -0.25) is 18.0 Å². The number of benzene rings is 6. The van der Waals surface area contributed by atoms with E-state index in [9.17, 15) is 0 Å². The standard InChI is InChI=1S/C44H28N7OP/c52-53(51-39-23-11-5-17-33(39)34-18-6-12-24-40(34)51,43-27-25-41(45-47-43)49-35-19-7-1-13-29(35)30-14-2-8-20-36(30)49)44-28-26-42(46-48-44)50-37-21-9-3-15-31(37)32-16-4-10-22-38(32)50/h1-28H. The summed E-state index contributed by atoms with van der Waals surface area (Å²) in [5, 5.41) is 25.7. The second-order valence-corrected chi connectivity index (χ2v) is 15.6. The lowest BCUT2D eigenvalue weighted by Gasteiger charge is -2.21. The third-order valence-electron chi connectivity index (χ3n) is 10.3. The first-order chi connectivity index (χ1) is 26.2. The molecule has 5 aromatic heterocycles. The third-order valence-corrected chi connectivity index (χ3v) is 13.1. The van der Waals surface area contributed by atoms with Gasteiger partial charge in [-0.1, -0.05) is 109 Å². The van der Waals surface area contributed by atoms with Crippen molar-refractivity contribution in [3.63, 3.8) is 0 Å². The van der Waals surface area contributed by atoms with Crippen molar-refractivity contribution in [1.82, 2.24) is 33.9 Å². The Balaban J connectivity index is 1.14. The van der Waals surface area contributed by atoms with Crippen LogP contribution >= 0.6 is 7.29 Å². The molecule has 0 aliphatic rings. The molecule has 0 unspecified atom stereocenters. The molecule has 250 valence electrons. The van der Waals surface area contributed by atoms with Gasteiger partial charge >= 0.3 is 0 Å². The van der Waals surface area contributed by atoms with Crippen molar-refractivity contribution in [2.75, 3.05) is 0 Å². The highest BCUT2D eigenvalue weighted by molar-refractivity contribution is 7.77. The van der Waals surface area contributed by atoms with Crippen molar-refractivity contribution in [3.05, 3.63) is 170 Å². The van der Waals surface area contributed by atoms with E-state index in [1.54, 1.807) is 0 Å². The van der Waals surface area contributed by atoms with Gasteiger partial charge in [-0.05, 0) is 60.7 Å². The molecule has 11 rings (SSSR count). The van der Waals surface area contributed by atoms with E-state index >= 15 is 4.57 Å². The Bertz CT molecular complexity index is 2950. The topological polar surface area (TPSA) is 83.4 Å². The fourth-order valence-electron chi connectivity index (χ4n) is 8.06. The predicted octanol–water partition coefficient (Wildman–Crippen LogP) is 9.35. The first kappa shape index (κ1) is 29.8. The Morgan fingerprint density at radius 3 is 0.906 bits per heavy atom. The van der Waals surface area contributed by atoms with Gasteiger partial charge in [-0.15, -0.1) is 20.4 Å². The van der Waals surface area contributed by atoms with Crippen molar-refractivity contribution < 1.29 is 4.57 Å². The second-order valence-electron chi connectivity index (χ2n) is 13.2. The molecule has 0 atom stereocenters. The van der Waals surface area contributed by atoms with Crippen LogP contribution in [0, 0.1) is 0 Å². The van der Waals surface area contributed by atoms with Gasteiger partial charge in [-0.2, -0.15) is 0 Å². The highest BCUT2D eigenvalue weighted by atomic mass is 31.2. The summed E-state index contributed by atoms with van der Waals surface area (Å²) in [4.78, 5) is 0. The fraction of sp³-hybridized carbons (Fsp3) is 0. The van der Waals surface area contributed by atoms with Crippen molar-refractivity contribution in [2.45, 2.75) is 0 Å². The number of nitrogens with zero attached hydrogens (tertiary/aromatic N) is 7. The van der Waals surface area contributed by atoms with Gasteiger partial charge in [0.25, 0.3) is 7.29 Å². The Kier molecular flexibility index (Phi) is 6.36. The van der Waals surface area contributed by atoms with Gasteiger partial charge in [0, 0.05) is 32.3 Å². The molecule has 0 bridgehead atoms. The summed E-state index contributed by atoms with van der Waals surface area (Å²) in [6.07, 6.45) is 0. The maximum atomic E-state index is 16.3. The van der Waals surface area contributed by atoms with Gasteiger partial charge in [-0.25, -0.2) is 0 Å². The normalized spacial score (nSPS) is 12.2. The second kappa shape index (κ2) is 11.3. The monoisotopic (exact) mass is 701 g/mol. The number of rotatable bonds is 5. The minimum absolute atomic E-state index is 0.312. The Morgan fingerprint density at radius 2 is 0.604 bits per heavy atom. The summed E-state index contributed by atoms with van der Waals surface area (Å²) < 4.78 is 22.4. The van der Waals surface area contributed by atoms with Gasteiger partial charge in [0.1, 0.15) is 10.9 Å². The minimum Gasteiger partial charge on any atom is -0.292 e. The van der Waals surface area contributed by atoms with E-state index in [1.807, 2.05) is 114 Å². The lowest BCUT2D eigenvalue weighted by Crippen LogP contribution is -2.27. The van der Waals surface area contributed by atoms with Crippen LogP contribution in [0.25, 0.3) is 77.1 Å². The third kappa shape index (κ3) is 4.21. The van der Waals surface area contributed by atoms with E-state index in [4.69, 9.17) is 20.4 Å². The zero-order valence-corrected chi connectivity index (χ0v) is 29.0. The van der Waals surface area contributed by atoms with Gasteiger partial charge in [0.05, 0.1) is 33.1 Å². The van der Waals surface area contributed by atoms with Crippen molar-refractivity contribution >= 4 is 83.6 Å². The summed E-state index contributed by atoms with van der Waals surface area (Å²) in [6.45, 7) is 0. The summed E-state index contributed by atoms with van der Waals surface area (Å²) in [6, 6.07) is 56.6. The average molecular weight is 702 g/mol. The molecular weight excluding hydrogens is 674 g/mol. The summed E-state index contributed by atoms with van der Waals surface area (Å²) in [5.41, 5.74) is 6.35. The zero-order chi connectivity index (χ0) is 35.1. The van der Waals surface area contributed by atoms with Crippen molar-refractivity contribution in [2.24, 2.45) is 0 Å². The van der Waals surface area contributed by atoms with E-state index in [0.29, 0.717) is 22.5 Å². The number of hydrogen-bond acceptors (Lipinski definition) is 5. The molecule has 6 aromatic carbocycles. The molecule has 0 radical (unpaired) electrons. The maximum absolute atomic E-state index is 16.3. The molecule has 0 N–H and O–H groups in total. The summed E-state index contributed by atoms with van der Waals surface area (Å²) >= 11 is 0.